The summed E-state index contributed by atoms with van der Waals surface area (Å²) < 4.78 is 10.5. The zero-order valence-electron chi connectivity index (χ0n) is 22.4. The molecule has 1 aliphatic carbocycles. The fourth-order valence-electron chi connectivity index (χ4n) is 4.63. The van der Waals surface area contributed by atoms with Gasteiger partial charge in [0.25, 0.3) is 5.91 Å². The number of rotatable bonds is 3. The Morgan fingerprint density at radius 3 is 1.91 bits per heavy atom. The molecule has 0 saturated carbocycles. The number of carbonyl (C=O) groups is 3. The fraction of sp³-hybridized carbons (Fsp3) is 0.483. The Morgan fingerprint density at radius 1 is 0.886 bits per heavy atom. The Morgan fingerprint density at radius 2 is 1.40 bits per heavy atom. The molecule has 0 aliphatic heterocycles. The number of benzene rings is 2. The lowest BCUT2D eigenvalue weighted by Crippen LogP contribution is -2.42. The summed E-state index contributed by atoms with van der Waals surface area (Å²) in [5.74, 6) is -1.29. The molecule has 0 fully saturated rings. The molecule has 2 amide bonds. The van der Waals surface area contributed by atoms with Crippen molar-refractivity contribution in [2.45, 2.75) is 84.7 Å². The average molecular weight is 480 g/mol. The first kappa shape index (κ1) is 26.5. The van der Waals surface area contributed by atoms with Crippen molar-refractivity contribution < 1.29 is 23.9 Å². The van der Waals surface area contributed by atoms with E-state index in [1.807, 2.05) is 13.0 Å². The minimum atomic E-state index is -0.819. The Kier molecular flexibility index (Phi) is 6.91. The van der Waals surface area contributed by atoms with E-state index in [-0.39, 0.29) is 22.0 Å². The van der Waals surface area contributed by atoms with Crippen LogP contribution >= 0.6 is 0 Å². The summed E-state index contributed by atoms with van der Waals surface area (Å²) in [6.45, 7) is 16.0. The van der Waals surface area contributed by atoms with E-state index in [4.69, 9.17) is 9.47 Å². The molecule has 0 saturated heterocycles. The minimum absolute atomic E-state index is 0.0214. The van der Waals surface area contributed by atoms with Crippen LogP contribution < -0.4 is 4.90 Å². The van der Waals surface area contributed by atoms with Crippen LogP contribution in [0.25, 0.3) is 0 Å². The van der Waals surface area contributed by atoms with Gasteiger partial charge >= 0.3 is 12.1 Å². The summed E-state index contributed by atoms with van der Waals surface area (Å²) in [6.07, 6.45) is 1.24. The van der Waals surface area contributed by atoms with E-state index < -0.39 is 23.6 Å². The molecule has 0 N–H and O–H groups in total. The number of ether oxygens (including phenoxy) is 2. The highest BCUT2D eigenvalue weighted by Crippen LogP contribution is 2.47. The van der Waals surface area contributed by atoms with Crippen LogP contribution in [0.3, 0.4) is 0 Å². The number of anilines is 1. The number of carbonyl (C=O) groups excluding carboxylic acids is 3. The van der Waals surface area contributed by atoms with Gasteiger partial charge in [0, 0.05) is 0 Å². The molecule has 0 unspecified atom stereocenters. The molecule has 0 bridgehead atoms. The molecule has 0 heterocycles. The third-order valence-corrected chi connectivity index (χ3v) is 6.75. The van der Waals surface area contributed by atoms with Crippen molar-refractivity contribution in [3.63, 3.8) is 0 Å². The second kappa shape index (κ2) is 9.14. The average Bonchev–Trinajstić information content (AvgIpc) is 2.76. The number of hydrogen-bond donors (Lipinski definition) is 0. The van der Waals surface area contributed by atoms with Gasteiger partial charge in [-0.3, -0.25) is 4.79 Å². The number of aryl methyl sites for hydroxylation is 1. The first-order valence-electron chi connectivity index (χ1n) is 12.0. The monoisotopic (exact) mass is 479 g/mol. The van der Waals surface area contributed by atoms with Crippen LogP contribution in [0.1, 0.15) is 98.7 Å². The van der Waals surface area contributed by atoms with Crippen molar-refractivity contribution in [2.75, 3.05) is 12.0 Å². The molecule has 2 aromatic rings. The highest BCUT2D eigenvalue weighted by Gasteiger charge is 2.40. The number of hydrogen-bond acceptors (Lipinski definition) is 5. The second-order valence-corrected chi connectivity index (χ2v) is 11.6. The van der Waals surface area contributed by atoms with E-state index in [1.165, 1.54) is 24.8 Å². The molecule has 1 aliphatic rings. The van der Waals surface area contributed by atoms with Crippen molar-refractivity contribution in [3.05, 3.63) is 64.2 Å². The summed E-state index contributed by atoms with van der Waals surface area (Å²) in [7, 11) is 1.26. The molecule has 6 heteroatoms. The first-order chi connectivity index (χ1) is 16.1. The second-order valence-electron chi connectivity index (χ2n) is 11.6. The Bertz CT molecular complexity index is 1170. The van der Waals surface area contributed by atoms with Crippen molar-refractivity contribution in [3.8, 4) is 0 Å². The third-order valence-electron chi connectivity index (χ3n) is 6.75. The lowest BCUT2D eigenvalue weighted by atomic mass is 9.63. The molecule has 0 aromatic heterocycles. The normalized spacial score (nSPS) is 16.1. The summed E-state index contributed by atoms with van der Waals surface area (Å²) in [5, 5.41) is 0. The summed E-state index contributed by atoms with van der Waals surface area (Å²) in [6, 6.07) is 10.4. The number of esters is 1. The number of methoxy groups -OCH3 is 1. The van der Waals surface area contributed by atoms with Gasteiger partial charge in [0.15, 0.2) is 0 Å². The van der Waals surface area contributed by atoms with Gasteiger partial charge in [-0.15, -0.1) is 0 Å². The SMILES string of the molecule is COC(=O)c1ccccc1C(=O)N(C(=O)OC(C)(C)C)c1cc2c(cc1C)C(C)(C)CCC2(C)C. The van der Waals surface area contributed by atoms with E-state index in [9.17, 15) is 14.4 Å². The Balaban J connectivity index is 2.25. The summed E-state index contributed by atoms with van der Waals surface area (Å²) in [4.78, 5) is 40.9. The molecule has 188 valence electrons. The molecule has 6 nitrogen and oxygen atoms in total. The van der Waals surface area contributed by atoms with Crippen LogP contribution in [0, 0.1) is 6.92 Å². The highest BCUT2D eigenvalue weighted by molar-refractivity contribution is 6.22. The minimum Gasteiger partial charge on any atom is -0.465 e. The smallest absolute Gasteiger partial charge is 0.422 e. The van der Waals surface area contributed by atoms with Crippen LogP contribution in [-0.4, -0.2) is 30.7 Å². The number of imide groups is 1. The molecule has 3 rings (SSSR count). The number of fused-ring (bicyclic) bond motifs is 1. The molecule has 2 aromatic carbocycles. The molecular weight excluding hydrogens is 442 g/mol. The van der Waals surface area contributed by atoms with E-state index >= 15 is 0 Å². The topological polar surface area (TPSA) is 72.9 Å². The maximum Gasteiger partial charge on any atom is 0.422 e. The van der Waals surface area contributed by atoms with Crippen LogP contribution in [0.15, 0.2) is 36.4 Å². The Labute approximate surface area is 208 Å². The quantitative estimate of drug-likeness (QED) is 0.457. The lowest BCUT2D eigenvalue weighted by Gasteiger charge is -2.42. The maximum atomic E-state index is 13.9. The van der Waals surface area contributed by atoms with Gasteiger partial charge in [-0.2, -0.15) is 0 Å². The van der Waals surface area contributed by atoms with Gasteiger partial charge in [0.2, 0.25) is 0 Å². The molecular formula is C29H37NO5. The predicted octanol–water partition coefficient (Wildman–Crippen LogP) is 6.71. The van der Waals surface area contributed by atoms with Crippen LogP contribution in [0.5, 0.6) is 0 Å². The first-order valence-corrected chi connectivity index (χ1v) is 12.0. The van der Waals surface area contributed by atoms with Crippen molar-refractivity contribution >= 4 is 23.7 Å². The van der Waals surface area contributed by atoms with Crippen molar-refractivity contribution in [2.24, 2.45) is 0 Å². The van der Waals surface area contributed by atoms with E-state index in [1.54, 1.807) is 32.9 Å². The van der Waals surface area contributed by atoms with Gasteiger partial charge in [0.1, 0.15) is 5.60 Å². The van der Waals surface area contributed by atoms with Gasteiger partial charge in [0.05, 0.1) is 23.9 Å². The Hall–Kier alpha value is -3.15. The van der Waals surface area contributed by atoms with E-state index in [0.29, 0.717) is 5.69 Å². The molecule has 0 spiro atoms. The van der Waals surface area contributed by atoms with Crippen LogP contribution in [0.4, 0.5) is 10.5 Å². The predicted molar refractivity (Wildman–Crippen MR) is 137 cm³/mol. The standard InChI is InChI=1S/C29H37NO5/c1-18-16-21-22(29(7,8)15-14-28(21,5)6)17-23(18)30(26(33)35-27(2,3)4)24(31)19-12-10-11-13-20(19)25(32)34-9/h10-13,16-17H,14-15H2,1-9H3. The van der Waals surface area contributed by atoms with Crippen molar-refractivity contribution in [1.82, 2.24) is 0 Å². The van der Waals surface area contributed by atoms with E-state index in [2.05, 4.69) is 33.8 Å². The maximum absolute atomic E-state index is 13.9. The van der Waals surface area contributed by atoms with Gasteiger partial charge in [-0.1, -0.05) is 45.9 Å². The summed E-state index contributed by atoms with van der Waals surface area (Å²) in [5.41, 5.74) is 2.76. The van der Waals surface area contributed by atoms with Gasteiger partial charge in [-0.25, -0.2) is 14.5 Å². The number of nitrogens with zero attached hydrogens (tertiary/aromatic N) is 1. The van der Waals surface area contributed by atoms with Gasteiger partial charge in [-0.05, 0) is 86.3 Å². The zero-order valence-corrected chi connectivity index (χ0v) is 22.4. The fourth-order valence-corrected chi connectivity index (χ4v) is 4.63. The van der Waals surface area contributed by atoms with Gasteiger partial charge < -0.3 is 9.47 Å². The molecule has 0 radical (unpaired) electrons. The zero-order chi connectivity index (χ0) is 26.3. The third kappa shape index (κ3) is 5.26. The molecule has 35 heavy (non-hydrogen) atoms. The van der Waals surface area contributed by atoms with Crippen LogP contribution in [-0.2, 0) is 20.3 Å². The summed E-state index contributed by atoms with van der Waals surface area (Å²) >= 11 is 0. The molecule has 0 atom stereocenters. The largest absolute Gasteiger partial charge is 0.465 e. The number of amides is 2. The lowest BCUT2D eigenvalue weighted by molar-refractivity contribution is 0.0552. The van der Waals surface area contributed by atoms with Crippen molar-refractivity contribution in [1.29, 1.82) is 0 Å². The van der Waals surface area contributed by atoms with E-state index in [0.717, 1.165) is 28.9 Å². The van der Waals surface area contributed by atoms with Crippen LogP contribution in [0.2, 0.25) is 0 Å². The highest BCUT2D eigenvalue weighted by atomic mass is 16.6.